The fraction of sp³-hybridized carbons (Fsp3) is 0.318. The Morgan fingerprint density at radius 2 is 2.00 bits per heavy atom. The summed E-state index contributed by atoms with van der Waals surface area (Å²) in [7, 11) is 1.55. The summed E-state index contributed by atoms with van der Waals surface area (Å²) in [4.78, 5) is 30.0. The lowest BCUT2D eigenvalue weighted by Crippen LogP contribution is -2.38. The Labute approximate surface area is 188 Å². The highest BCUT2D eigenvalue weighted by Gasteiger charge is 2.32. The van der Waals surface area contributed by atoms with Gasteiger partial charge in [0.05, 0.1) is 22.7 Å². The summed E-state index contributed by atoms with van der Waals surface area (Å²) in [5.41, 5.74) is 1.79. The molecule has 0 atom stereocenters. The zero-order chi connectivity index (χ0) is 23.5. The molecule has 6 nitrogen and oxygen atoms in total. The Morgan fingerprint density at radius 3 is 2.56 bits per heavy atom. The van der Waals surface area contributed by atoms with Gasteiger partial charge in [0.1, 0.15) is 0 Å². The molecular weight excluding hydrogens is 445 g/mol. The average molecular weight is 467 g/mol. The van der Waals surface area contributed by atoms with E-state index >= 15 is 0 Å². The van der Waals surface area contributed by atoms with E-state index in [9.17, 15) is 22.8 Å². The SMILES string of the molecule is CNC(=O)Cc1cnc(C2=CCN(C(=O)Nc3ccc(C(F)(F)F)c(C)c3)CC2)c(Cl)c1. The van der Waals surface area contributed by atoms with E-state index in [4.69, 9.17) is 11.6 Å². The fourth-order valence-corrected chi connectivity index (χ4v) is 3.73. The number of nitrogens with one attached hydrogen (secondary N) is 2. The topological polar surface area (TPSA) is 74.3 Å². The van der Waals surface area contributed by atoms with Crippen LogP contribution in [0.15, 0.2) is 36.5 Å². The number of halogens is 4. The summed E-state index contributed by atoms with van der Waals surface area (Å²) in [6.45, 7) is 2.05. The Morgan fingerprint density at radius 1 is 1.25 bits per heavy atom. The number of hydrogen-bond acceptors (Lipinski definition) is 3. The van der Waals surface area contributed by atoms with Crippen LogP contribution in [0, 0.1) is 6.92 Å². The van der Waals surface area contributed by atoms with Crippen LogP contribution in [0.2, 0.25) is 5.02 Å². The second-order valence-electron chi connectivity index (χ2n) is 7.41. The molecule has 32 heavy (non-hydrogen) atoms. The van der Waals surface area contributed by atoms with Crippen LogP contribution in [0.3, 0.4) is 0 Å². The number of rotatable bonds is 4. The van der Waals surface area contributed by atoms with Crippen LogP contribution in [-0.4, -0.2) is 42.0 Å². The number of nitrogens with zero attached hydrogens (tertiary/aromatic N) is 2. The molecule has 1 aromatic carbocycles. The Bertz CT molecular complexity index is 1070. The molecule has 2 N–H and O–H groups in total. The van der Waals surface area contributed by atoms with E-state index in [1.165, 1.54) is 19.1 Å². The number of urea groups is 1. The van der Waals surface area contributed by atoms with Crippen molar-refractivity contribution >= 4 is 34.8 Å². The molecule has 2 aromatic rings. The van der Waals surface area contributed by atoms with E-state index in [2.05, 4.69) is 15.6 Å². The summed E-state index contributed by atoms with van der Waals surface area (Å²) < 4.78 is 38.7. The van der Waals surface area contributed by atoms with E-state index in [-0.39, 0.29) is 17.9 Å². The number of alkyl halides is 3. The van der Waals surface area contributed by atoms with Gasteiger partial charge in [-0.1, -0.05) is 17.7 Å². The van der Waals surface area contributed by atoms with Crippen LogP contribution in [-0.2, 0) is 17.4 Å². The molecule has 1 aliphatic heterocycles. The van der Waals surface area contributed by atoms with Crippen LogP contribution < -0.4 is 10.6 Å². The van der Waals surface area contributed by atoms with Crippen LogP contribution >= 0.6 is 11.6 Å². The van der Waals surface area contributed by atoms with Gasteiger partial charge in [0.25, 0.3) is 0 Å². The Balaban J connectivity index is 1.64. The van der Waals surface area contributed by atoms with Gasteiger partial charge in [-0.3, -0.25) is 9.78 Å². The first kappa shape index (κ1) is 23.6. The van der Waals surface area contributed by atoms with Crippen LogP contribution in [0.1, 0.15) is 28.8 Å². The number of benzene rings is 1. The van der Waals surface area contributed by atoms with E-state index in [0.717, 1.165) is 11.6 Å². The lowest BCUT2D eigenvalue weighted by Gasteiger charge is -2.27. The summed E-state index contributed by atoms with van der Waals surface area (Å²) in [5.74, 6) is -0.141. The molecular formula is C22H22ClF3N4O2. The van der Waals surface area contributed by atoms with Gasteiger partial charge in [0.15, 0.2) is 0 Å². The largest absolute Gasteiger partial charge is 0.416 e. The van der Waals surface area contributed by atoms with Gasteiger partial charge in [-0.25, -0.2) is 4.79 Å². The highest BCUT2D eigenvalue weighted by atomic mass is 35.5. The van der Waals surface area contributed by atoms with Crippen LogP contribution in [0.25, 0.3) is 5.57 Å². The average Bonchev–Trinajstić information content (AvgIpc) is 2.73. The second-order valence-corrected chi connectivity index (χ2v) is 7.81. The van der Waals surface area contributed by atoms with Crippen molar-refractivity contribution in [3.05, 3.63) is 63.9 Å². The van der Waals surface area contributed by atoms with Gasteiger partial charge < -0.3 is 15.5 Å². The van der Waals surface area contributed by atoms with Gasteiger partial charge in [-0.2, -0.15) is 13.2 Å². The van der Waals surface area contributed by atoms with Crippen LogP contribution in [0.5, 0.6) is 0 Å². The molecule has 0 bridgehead atoms. The molecule has 1 aromatic heterocycles. The van der Waals surface area contributed by atoms with Crippen molar-refractivity contribution in [2.24, 2.45) is 0 Å². The van der Waals surface area contributed by atoms with Crippen molar-refractivity contribution in [2.45, 2.75) is 25.9 Å². The third kappa shape index (κ3) is 5.59. The standard InChI is InChI=1S/C22H22ClF3N4O2/c1-13-9-16(3-4-17(13)22(24,25)26)29-21(32)30-7-5-15(6-8-30)20-18(23)10-14(12-28-20)11-19(31)27-2/h3-5,9-10,12H,6-8,11H2,1-2H3,(H,27,31)(H,29,32). The molecule has 3 rings (SSSR count). The Hall–Kier alpha value is -3.07. The number of anilines is 1. The number of pyridine rings is 1. The molecule has 0 radical (unpaired) electrons. The number of aryl methyl sites for hydroxylation is 1. The highest BCUT2D eigenvalue weighted by molar-refractivity contribution is 6.32. The number of carbonyl (C=O) groups is 2. The number of carbonyl (C=O) groups excluding carboxylic acids is 2. The van der Waals surface area contributed by atoms with Gasteiger partial charge in [0.2, 0.25) is 5.91 Å². The fourth-order valence-electron chi connectivity index (χ4n) is 3.41. The first-order valence-corrected chi connectivity index (χ1v) is 10.2. The lowest BCUT2D eigenvalue weighted by molar-refractivity contribution is -0.138. The van der Waals surface area contributed by atoms with E-state index < -0.39 is 17.8 Å². The van der Waals surface area contributed by atoms with E-state index in [0.29, 0.717) is 41.5 Å². The van der Waals surface area contributed by atoms with Gasteiger partial charge >= 0.3 is 12.2 Å². The lowest BCUT2D eigenvalue weighted by atomic mass is 10.0. The zero-order valence-corrected chi connectivity index (χ0v) is 18.3. The number of likely N-dealkylation sites (N-methyl/N-ethyl adjacent to an activating group) is 1. The van der Waals surface area contributed by atoms with E-state index in [1.54, 1.807) is 24.2 Å². The van der Waals surface area contributed by atoms with Crippen molar-refractivity contribution in [3.63, 3.8) is 0 Å². The van der Waals surface area contributed by atoms with E-state index in [1.807, 2.05) is 6.08 Å². The number of hydrogen-bond donors (Lipinski definition) is 2. The van der Waals surface area contributed by atoms with Crippen molar-refractivity contribution < 1.29 is 22.8 Å². The first-order chi connectivity index (χ1) is 15.1. The van der Waals surface area contributed by atoms with Crippen molar-refractivity contribution in [1.82, 2.24) is 15.2 Å². The maximum atomic E-state index is 12.9. The third-order valence-corrected chi connectivity index (χ3v) is 5.41. The number of amides is 3. The highest BCUT2D eigenvalue weighted by Crippen LogP contribution is 2.33. The summed E-state index contributed by atoms with van der Waals surface area (Å²) in [6, 6.07) is 4.80. The molecule has 0 saturated heterocycles. The number of aromatic nitrogens is 1. The first-order valence-electron chi connectivity index (χ1n) is 9.86. The predicted molar refractivity (Wildman–Crippen MR) is 116 cm³/mol. The zero-order valence-electron chi connectivity index (χ0n) is 17.5. The van der Waals surface area contributed by atoms with Gasteiger partial charge in [0, 0.05) is 32.0 Å². The molecule has 0 saturated carbocycles. The molecule has 0 unspecified atom stereocenters. The molecule has 170 valence electrons. The molecule has 10 heteroatoms. The van der Waals surface area contributed by atoms with Crippen molar-refractivity contribution in [2.75, 3.05) is 25.5 Å². The molecule has 3 amide bonds. The summed E-state index contributed by atoms with van der Waals surface area (Å²) in [5, 5.41) is 5.61. The molecule has 0 spiro atoms. The maximum Gasteiger partial charge on any atom is 0.416 e. The quantitative estimate of drug-likeness (QED) is 0.687. The summed E-state index contributed by atoms with van der Waals surface area (Å²) in [6.07, 6.45) is -0.297. The minimum atomic E-state index is -4.43. The van der Waals surface area contributed by atoms with Crippen LogP contribution in [0.4, 0.5) is 23.7 Å². The summed E-state index contributed by atoms with van der Waals surface area (Å²) >= 11 is 6.35. The maximum absolute atomic E-state index is 12.9. The predicted octanol–water partition coefficient (Wildman–Crippen LogP) is 4.67. The smallest absolute Gasteiger partial charge is 0.359 e. The minimum absolute atomic E-state index is 0.0386. The molecule has 0 fully saturated rings. The monoisotopic (exact) mass is 466 g/mol. The van der Waals surface area contributed by atoms with Crippen molar-refractivity contribution in [1.29, 1.82) is 0 Å². The third-order valence-electron chi connectivity index (χ3n) is 5.12. The molecule has 1 aliphatic rings. The van der Waals surface area contributed by atoms with Gasteiger partial charge in [-0.15, -0.1) is 0 Å². The minimum Gasteiger partial charge on any atom is -0.359 e. The van der Waals surface area contributed by atoms with Crippen molar-refractivity contribution in [3.8, 4) is 0 Å². The normalized spacial score (nSPS) is 14.1. The Kier molecular flexibility index (Phi) is 7.08. The molecule has 0 aliphatic carbocycles. The second kappa shape index (κ2) is 9.60. The van der Waals surface area contributed by atoms with Gasteiger partial charge in [-0.05, 0) is 54.3 Å². The molecule has 2 heterocycles.